The first-order valence-corrected chi connectivity index (χ1v) is 8.73. The number of rotatable bonds is 6. The molecule has 4 rings (SSSR count). The molecule has 0 aromatic heterocycles. The van der Waals surface area contributed by atoms with Gasteiger partial charge in [-0.05, 0) is 49.8 Å². The summed E-state index contributed by atoms with van der Waals surface area (Å²) in [5.41, 5.74) is 1.75. The summed E-state index contributed by atoms with van der Waals surface area (Å²) in [6.45, 7) is 1.34. The van der Waals surface area contributed by atoms with Crippen LogP contribution in [0.4, 0.5) is 8.78 Å². The van der Waals surface area contributed by atoms with Crippen LogP contribution in [0.3, 0.4) is 0 Å². The van der Waals surface area contributed by atoms with Crippen molar-refractivity contribution in [2.75, 3.05) is 20.2 Å². The minimum atomic E-state index is -0.623. The van der Waals surface area contributed by atoms with Crippen LogP contribution in [0.1, 0.15) is 24.0 Å². The van der Waals surface area contributed by atoms with Crippen LogP contribution in [0.15, 0.2) is 47.6 Å². The Labute approximate surface area is 150 Å². The van der Waals surface area contributed by atoms with E-state index in [2.05, 4.69) is 10.5 Å². The second-order valence-electron chi connectivity index (χ2n) is 6.66. The minimum absolute atomic E-state index is 0.00947. The number of halogens is 2. The Morgan fingerprint density at radius 1 is 1.19 bits per heavy atom. The number of fused-ring (bicyclic) bond motifs is 2. The number of hydrogen-bond acceptors (Lipinski definition) is 4. The number of ether oxygens (including phenoxy) is 1. The molecule has 0 radical (unpaired) electrons. The number of benzene rings is 2. The molecular formula is C20H20F2N2O2. The van der Waals surface area contributed by atoms with E-state index >= 15 is 0 Å². The van der Waals surface area contributed by atoms with Gasteiger partial charge in [-0.15, -0.1) is 0 Å². The highest BCUT2D eigenvalue weighted by Gasteiger charge is 2.64. The Morgan fingerprint density at radius 2 is 1.96 bits per heavy atom. The molecule has 2 unspecified atom stereocenters. The van der Waals surface area contributed by atoms with Gasteiger partial charge in [0.25, 0.3) is 0 Å². The van der Waals surface area contributed by atoms with Gasteiger partial charge in [-0.3, -0.25) is 0 Å². The van der Waals surface area contributed by atoms with Crippen molar-refractivity contribution in [1.82, 2.24) is 5.32 Å². The van der Waals surface area contributed by atoms with E-state index in [-0.39, 0.29) is 17.6 Å². The van der Waals surface area contributed by atoms with E-state index in [1.807, 2.05) is 7.05 Å². The third-order valence-corrected chi connectivity index (χ3v) is 4.91. The van der Waals surface area contributed by atoms with E-state index in [9.17, 15) is 8.78 Å². The van der Waals surface area contributed by atoms with Crippen LogP contribution in [0.5, 0.6) is 5.75 Å². The maximum Gasteiger partial charge on any atom is 0.143 e. The van der Waals surface area contributed by atoms with Crippen LogP contribution in [0, 0.1) is 17.6 Å². The molecule has 1 aliphatic carbocycles. The van der Waals surface area contributed by atoms with Crippen LogP contribution < -0.4 is 10.1 Å². The lowest BCUT2D eigenvalue weighted by molar-refractivity contribution is 0.134. The third kappa shape index (κ3) is 2.94. The maximum absolute atomic E-state index is 13.7. The highest BCUT2D eigenvalue weighted by Crippen LogP contribution is 2.60. The number of oxime groups is 1. The quantitative estimate of drug-likeness (QED) is 0.634. The highest BCUT2D eigenvalue weighted by atomic mass is 19.1. The molecule has 1 aliphatic heterocycles. The van der Waals surface area contributed by atoms with Crippen molar-refractivity contribution >= 4 is 5.71 Å². The second-order valence-corrected chi connectivity index (χ2v) is 6.66. The van der Waals surface area contributed by atoms with Crippen LogP contribution >= 0.6 is 0 Å². The lowest BCUT2D eigenvalue weighted by Crippen LogP contribution is -2.28. The molecule has 0 amide bonds. The second kappa shape index (κ2) is 6.68. The molecule has 1 fully saturated rings. The molecular weight excluding hydrogens is 338 g/mol. The first-order valence-electron chi connectivity index (χ1n) is 8.73. The van der Waals surface area contributed by atoms with Crippen molar-refractivity contribution in [2.45, 2.75) is 18.4 Å². The summed E-state index contributed by atoms with van der Waals surface area (Å²) in [6, 6.07) is 10.7. The average molecular weight is 358 g/mol. The van der Waals surface area contributed by atoms with E-state index in [0.29, 0.717) is 18.8 Å². The van der Waals surface area contributed by atoms with E-state index in [1.54, 1.807) is 18.2 Å². The molecule has 6 heteroatoms. The summed E-state index contributed by atoms with van der Waals surface area (Å²) in [5.74, 6) is -0.214. The van der Waals surface area contributed by atoms with Crippen molar-refractivity contribution < 1.29 is 18.4 Å². The largest absolute Gasteiger partial charge is 0.481 e. The molecule has 1 heterocycles. The van der Waals surface area contributed by atoms with Crippen LogP contribution in [0.25, 0.3) is 0 Å². The van der Waals surface area contributed by atoms with Gasteiger partial charge in [0.05, 0.1) is 11.6 Å². The number of hydrogen-bond donors (Lipinski definition) is 1. The molecule has 2 aromatic carbocycles. The average Bonchev–Trinajstić information content (AvgIpc) is 3.36. The fraction of sp³-hybridized carbons (Fsp3) is 0.350. The van der Waals surface area contributed by atoms with Crippen LogP contribution in [0.2, 0.25) is 0 Å². The summed E-state index contributed by atoms with van der Waals surface area (Å²) >= 11 is 0. The zero-order valence-electron chi connectivity index (χ0n) is 14.5. The van der Waals surface area contributed by atoms with Crippen molar-refractivity contribution in [2.24, 2.45) is 11.1 Å². The van der Waals surface area contributed by atoms with Gasteiger partial charge in [0, 0.05) is 18.1 Å². The predicted molar refractivity (Wildman–Crippen MR) is 94.2 cm³/mol. The molecule has 0 spiro atoms. The molecule has 4 nitrogen and oxygen atoms in total. The number of nitrogens with one attached hydrogen (secondary N) is 1. The van der Waals surface area contributed by atoms with E-state index in [4.69, 9.17) is 9.57 Å². The Kier molecular flexibility index (Phi) is 4.36. The van der Waals surface area contributed by atoms with Gasteiger partial charge in [0.2, 0.25) is 0 Å². The first kappa shape index (κ1) is 17.0. The minimum Gasteiger partial charge on any atom is -0.481 e. The lowest BCUT2D eigenvalue weighted by atomic mass is 9.95. The Hall–Kier alpha value is -2.47. The van der Waals surface area contributed by atoms with Gasteiger partial charge < -0.3 is 14.9 Å². The van der Waals surface area contributed by atoms with E-state index in [1.165, 1.54) is 24.3 Å². The summed E-state index contributed by atoms with van der Waals surface area (Å²) in [4.78, 5) is 5.50. The van der Waals surface area contributed by atoms with Crippen molar-refractivity contribution in [3.8, 4) is 5.75 Å². The van der Waals surface area contributed by atoms with Gasteiger partial charge in [-0.1, -0.05) is 17.3 Å². The third-order valence-electron chi connectivity index (χ3n) is 4.91. The van der Waals surface area contributed by atoms with Crippen molar-refractivity contribution in [3.63, 3.8) is 0 Å². The molecule has 26 heavy (non-hydrogen) atoms. The van der Waals surface area contributed by atoms with E-state index < -0.39 is 5.60 Å². The zero-order valence-corrected chi connectivity index (χ0v) is 14.5. The Morgan fingerprint density at radius 3 is 2.73 bits per heavy atom. The highest BCUT2D eigenvalue weighted by molar-refractivity contribution is 6.08. The normalized spacial score (nSPS) is 24.6. The Bertz CT molecular complexity index is 838. The van der Waals surface area contributed by atoms with Crippen LogP contribution in [-0.2, 0) is 10.4 Å². The molecule has 0 bridgehead atoms. The van der Waals surface area contributed by atoms with Gasteiger partial charge in [-0.2, -0.15) is 0 Å². The standard InChI is InChI=1S/C20H20F2N2O2/c1-23-9-2-10-25-24-19-16-8-7-15(22)11-18(16)26-20(12-17(19)20)13-3-5-14(21)6-4-13/h3-8,11,17,23H,2,9-10,12H2,1H3. The predicted octanol–water partition coefficient (Wildman–Crippen LogP) is 3.60. The Balaban J connectivity index is 1.66. The summed E-state index contributed by atoms with van der Waals surface area (Å²) in [6.07, 6.45) is 1.54. The monoisotopic (exact) mass is 358 g/mol. The zero-order chi connectivity index (χ0) is 18.1. The topological polar surface area (TPSA) is 42.8 Å². The summed E-state index contributed by atoms with van der Waals surface area (Å²) in [7, 11) is 1.89. The summed E-state index contributed by atoms with van der Waals surface area (Å²) < 4.78 is 33.2. The lowest BCUT2D eigenvalue weighted by Gasteiger charge is -2.27. The fourth-order valence-electron chi connectivity index (χ4n) is 3.50. The molecule has 1 N–H and O–H groups in total. The fourth-order valence-corrected chi connectivity index (χ4v) is 3.50. The van der Waals surface area contributed by atoms with Crippen molar-refractivity contribution in [1.29, 1.82) is 0 Å². The summed E-state index contributed by atoms with van der Waals surface area (Å²) in [5, 5.41) is 7.41. The van der Waals surface area contributed by atoms with Gasteiger partial charge in [0.1, 0.15) is 29.6 Å². The van der Waals surface area contributed by atoms with Gasteiger partial charge in [-0.25, -0.2) is 8.78 Å². The molecule has 136 valence electrons. The molecule has 2 atom stereocenters. The van der Waals surface area contributed by atoms with E-state index in [0.717, 1.165) is 29.8 Å². The van der Waals surface area contributed by atoms with Gasteiger partial charge in [0.15, 0.2) is 0 Å². The SMILES string of the molecule is CNCCCON=C1c2ccc(F)cc2OC2(c3ccc(F)cc3)CC12. The van der Waals surface area contributed by atoms with Gasteiger partial charge >= 0.3 is 0 Å². The molecule has 0 saturated heterocycles. The maximum atomic E-state index is 13.7. The first-order chi connectivity index (χ1) is 12.6. The molecule has 1 saturated carbocycles. The van der Waals surface area contributed by atoms with Crippen molar-refractivity contribution in [3.05, 3.63) is 65.2 Å². The molecule has 2 aliphatic rings. The smallest absolute Gasteiger partial charge is 0.143 e. The molecule has 2 aromatic rings. The number of nitrogens with zero attached hydrogens (tertiary/aromatic N) is 1. The van der Waals surface area contributed by atoms with Crippen LogP contribution in [-0.4, -0.2) is 25.9 Å².